The molecule has 0 aliphatic heterocycles. The predicted molar refractivity (Wildman–Crippen MR) is 88.2 cm³/mol. The highest BCUT2D eigenvalue weighted by Gasteiger charge is 2.16. The second-order valence-electron chi connectivity index (χ2n) is 5.39. The Morgan fingerprint density at radius 1 is 1.15 bits per heavy atom. The number of hydrogen-bond acceptors (Lipinski definition) is 4. The summed E-state index contributed by atoms with van der Waals surface area (Å²) in [5, 5.41) is 11.7. The number of carboxylic acids is 1. The largest absolute Gasteiger partial charge is 0.496 e. The van der Waals surface area contributed by atoms with Gasteiger partial charge in [0.15, 0.2) is 17.7 Å². The van der Waals surface area contributed by atoms with Crippen LogP contribution in [-0.2, 0) is 11.3 Å². The third kappa shape index (κ3) is 4.69. The van der Waals surface area contributed by atoms with E-state index in [1.54, 1.807) is 6.07 Å². The van der Waals surface area contributed by atoms with Crippen LogP contribution in [-0.4, -0.2) is 30.2 Å². The van der Waals surface area contributed by atoms with Gasteiger partial charge in [0.05, 0.1) is 7.11 Å². The molecule has 1 atom stereocenters. The minimum Gasteiger partial charge on any atom is -0.496 e. The fraction of sp³-hybridized carbons (Fsp3) is 0.222. The second kappa shape index (κ2) is 8.28. The number of ether oxygens (including phenoxy) is 2. The molecule has 2 aromatic rings. The molecule has 0 spiro atoms. The van der Waals surface area contributed by atoms with E-state index in [4.69, 9.17) is 14.6 Å². The molecule has 138 valence electrons. The van der Waals surface area contributed by atoms with Crippen molar-refractivity contribution in [2.75, 3.05) is 7.11 Å². The van der Waals surface area contributed by atoms with Crippen molar-refractivity contribution in [3.63, 3.8) is 0 Å². The van der Waals surface area contributed by atoms with E-state index in [1.165, 1.54) is 32.2 Å². The van der Waals surface area contributed by atoms with Crippen LogP contribution in [0.25, 0.3) is 0 Å². The fourth-order valence-electron chi connectivity index (χ4n) is 2.17. The number of hydrogen-bond donors (Lipinski definition) is 2. The van der Waals surface area contributed by atoms with Crippen LogP contribution >= 0.6 is 0 Å². The first-order chi connectivity index (χ1) is 12.3. The second-order valence-corrected chi connectivity index (χ2v) is 5.39. The summed E-state index contributed by atoms with van der Waals surface area (Å²) in [6.07, 6.45) is -0.961. The molecule has 0 radical (unpaired) electrons. The van der Waals surface area contributed by atoms with Gasteiger partial charge in [-0.25, -0.2) is 13.6 Å². The van der Waals surface area contributed by atoms with Crippen molar-refractivity contribution in [3.05, 3.63) is 59.2 Å². The summed E-state index contributed by atoms with van der Waals surface area (Å²) in [6, 6.07) is 7.47. The Balaban J connectivity index is 1.98. The normalized spacial score (nSPS) is 11.5. The summed E-state index contributed by atoms with van der Waals surface area (Å²) in [6.45, 7) is 1.52. The number of carboxylic acid groups (broad SMARTS) is 1. The molecule has 2 aromatic carbocycles. The molecule has 1 amide bonds. The molecule has 0 aromatic heterocycles. The van der Waals surface area contributed by atoms with Crippen LogP contribution in [0.4, 0.5) is 8.78 Å². The lowest BCUT2D eigenvalue weighted by atomic mass is 10.1. The van der Waals surface area contributed by atoms with Crippen molar-refractivity contribution in [1.29, 1.82) is 0 Å². The maximum absolute atomic E-state index is 13.2. The molecule has 0 aliphatic rings. The third-order valence-electron chi connectivity index (χ3n) is 3.53. The van der Waals surface area contributed by atoms with Crippen LogP contribution in [0.1, 0.15) is 22.8 Å². The first kappa shape index (κ1) is 19.2. The summed E-state index contributed by atoms with van der Waals surface area (Å²) in [7, 11) is 1.36. The lowest BCUT2D eigenvalue weighted by Gasteiger charge is -2.15. The number of halogens is 2. The summed E-state index contributed by atoms with van der Waals surface area (Å²) in [5.74, 6) is -3.50. The van der Waals surface area contributed by atoms with Gasteiger partial charge in [0.25, 0.3) is 5.91 Å². The van der Waals surface area contributed by atoms with E-state index in [1.807, 2.05) is 0 Å². The molecule has 2 rings (SSSR count). The molecule has 26 heavy (non-hydrogen) atoms. The van der Waals surface area contributed by atoms with Crippen molar-refractivity contribution in [3.8, 4) is 11.5 Å². The number of benzene rings is 2. The number of methoxy groups -OCH3 is 1. The van der Waals surface area contributed by atoms with Gasteiger partial charge in [-0.3, -0.25) is 4.79 Å². The monoisotopic (exact) mass is 365 g/mol. The summed E-state index contributed by atoms with van der Waals surface area (Å²) in [5.41, 5.74) is 0.530. The number of carbonyl (C=O) groups is 2. The molecule has 8 heteroatoms. The van der Waals surface area contributed by atoms with Crippen molar-refractivity contribution in [1.82, 2.24) is 5.32 Å². The van der Waals surface area contributed by atoms with Gasteiger partial charge in [-0.05, 0) is 36.8 Å². The number of aromatic carboxylic acids is 1. The van der Waals surface area contributed by atoms with Crippen LogP contribution in [0, 0.1) is 11.6 Å². The van der Waals surface area contributed by atoms with Gasteiger partial charge in [-0.1, -0.05) is 6.07 Å². The molecule has 0 saturated heterocycles. The van der Waals surface area contributed by atoms with E-state index < -0.39 is 29.6 Å². The molecule has 0 saturated carbocycles. The van der Waals surface area contributed by atoms with Gasteiger partial charge in [-0.2, -0.15) is 0 Å². The Hall–Kier alpha value is -3.16. The topological polar surface area (TPSA) is 84.9 Å². The van der Waals surface area contributed by atoms with E-state index in [9.17, 15) is 18.4 Å². The Kier molecular flexibility index (Phi) is 6.11. The number of nitrogens with one attached hydrogen (secondary N) is 1. The Morgan fingerprint density at radius 2 is 1.88 bits per heavy atom. The zero-order valence-corrected chi connectivity index (χ0v) is 14.1. The van der Waals surface area contributed by atoms with E-state index in [-0.39, 0.29) is 23.6 Å². The lowest BCUT2D eigenvalue weighted by Crippen LogP contribution is -2.36. The standard InChI is InChI=1S/C18H17F2NO5/c1-10(26-12-4-5-14(19)15(20)8-12)17(22)21-9-11-3-6-16(25-2)13(7-11)18(23)24/h3-8,10H,9H2,1-2H3,(H,21,22)(H,23,24). The van der Waals surface area contributed by atoms with Crippen LogP contribution in [0.3, 0.4) is 0 Å². The van der Waals surface area contributed by atoms with Gasteiger partial charge in [-0.15, -0.1) is 0 Å². The van der Waals surface area contributed by atoms with Gasteiger partial charge in [0.2, 0.25) is 0 Å². The first-order valence-electron chi connectivity index (χ1n) is 7.61. The van der Waals surface area contributed by atoms with Gasteiger partial charge < -0.3 is 19.9 Å². The average molecular weight is 365 g/mol. The number of amides is 1. The van der Waals surface area contributed by atoms with Gasteiger partial charge in [0.1, 0.15) is 17.1 Å². The summed E-state index contributed by atoms with van der Waals surface area (Å²) in [4.78, 5) is 23.3. The quantitative estimate of drug-likeness (QED) is 0.788. The highest BCUT2D eigenvalue weighted by Crippen LogP contribution is 2.20. The molecule has 0 bridgehead atoms. The summed E-state index contributed by atoms with van der Waals surface area (Å²) >= 11 is 0. The SMILES string of the molecule is COc1ccc(CNC(=O)C(C)Oc2ccc(F)c(F)c2)cc1C(=O)O. The minimum absolute atomic E-state index is 0.0177. The summed E-state index contributed by atoms with van der Waals surface area (Å²) < 4.78 is 36.3. The van der Waals surface area contributed by atoms with E-state index >= 15 is 0 Å². The fourth-order valence-corrected chi connectivity index (χ4v) is 2.17. The van der Waals surface area contributed by atoms with Crippen LogP contribution in [0.15, 0.2) is 36.4 Å². The van der Waals surface area contributed by atoms with Crippen molar-refractivity contribution < 1.29 is 33.0 Å². The van der Waals surface area contributed by atoms with E-state index in [0.29, 0.717) is 5.56 Å². The van der Waals surface area contributed by atoms with Crippen molar-refractivity contribution in [2.45, 2.75) is 19.6 Å². The van der Waals surface area contributed by atoms with E-state index in [2.05, 4.69) is 5.32 Å². The zero-order valence-electron chi connectivity index (χ0n) is 14.1. The number of carbonyl (C=O) groups excluding carboxylic acids is 1. The van der Waals surface area contributed by atoms with Gasteiger partial charge >= 0.3 is 5.97 Å². The molecule has 0 aliphatic carbocycles. The van der Waals surface area contributed by atoms with Gasteiger partial charge in [0, 0.05) is 12.6 Å². The number of rotatable bonds is 7. The maximum atomic E-state index is 13.2. The highest BCUT2D eigenvalue weighted by atomic mass is 19.2. The Bertz CT molecular complexity index is 825. The van der Waals surface area contributed by atoms with E-state index in [0.717, 1.165) is 12.1 Å². The van der Waals surface area contributed by atoms with Crippen molar-refractivity contribution >= 4 is 11.9 Å². The molecule has 0 fully saturated rings. The molecule has 1 unspecified atom stereocenters. The van der Waals surface area contributed by atoms with Crippen molar-refractivity contribution in [2.24, 2.45) is 0 Å². The lowest BCUT2D eigenvalue weighted by molar-refractivity contribution is -0.127. The molecule has 2 N–H and O–H groups in total. The Labute approximate surface area is 148 Å². The maximum Gasteiger partial charge on any atom is 0.339 e. The Morgan fingerprint density at radius 3 is 2.50 bits per heavy atom. The third-order valence-corrected chi connectivity index (χ3v) is 3.53. The smallest absolute Gasteiger partial charge is 0.339 e. The highest BCUT2D eigenvalue weighted by molar-refractivity contribution is 5.91. The molecule has 6 nitrogen and oxygen atoms in total. The zero-order chi connectivity index (χ0) is 19.3. The van der Waals surface area contributed by atoms with Crippen LogP contribution in [0.2, 0.25) is 0 Å². The average Bonchev–Trinajstić information content (AvgIpc) is 2.62. The molecular weight excluding hydrogens is 348 g/mol. The first-order valence-corrected chi connectivity index (χ1v) is 7.61. The predicted octanol–water partition coefficient (Wildman–Crippen LogP) is 2.76. The minimum atomic E-state index is -1.15. The molecular formula is C18H17F2NO5. The van der Waals surface area contributed by atoms with Crippen LogP contribution in [0.5, 0.6) is 11.5 Å². The van der Waals surface area contributed by atoms with Crippen LogP contribution < -0.4 is 14.8 Å². The molecule has 0 heterocycles.